The van der Waals surface area contributed by atoms with Gasteiger partial charge in [0.05, 0.1) is 6.54 Å². The van der Waals surface area contributed by atoms with Gasteiger partial charge in [0, 0.05) is 19.2 Å². The summed E-state index contributed by atoms with van der Waals surface area (Å²) >= 11 is 0. The molecule has 0 aromatic heterocycles. The van der Waals surface area contributed by atoms with Crippen molar-refractivity contribution in [3.63, 3.8) is 0 Å². The fraction of sp³-hybridized carbons (Fsp3) is 0.556. The summed E-state index contributed by atoms with van der Waals surface area (Å²) in [6.07, 6.45) is 2.72. The number of piperidine rings is 1. The summed E-state index contributed by atoms with van der Waals surface area (Å²) in [6, 6.07) is 3.65. The van der Waals surface area contributed by atoms with Crippen LogP contribution in [0.1, 0.15) is 24.8 Å². The van der Waals surface area contributed by atoms with Crippen molar-refractivity contribution in [3.05, 3.63) is 35.4 Å². The Morgan fingerprint density at radius 2 is 2.12 bits per heavy atom. The number of cyclic esters (lactones) is 1. The van der Waals surface area contributed by atoms with Gasteiger partial charge in [-0.2, -0.15) is 0 Å². The predicted octanol–water partition coefficient (Wildman–Crippen LogP) is 2.59. The smallest absolute Gasteiger partial charge is 0.410 e. The molecule has 2 amide bonds. The first-order valence-corrected chi connectivity index (χ1v) is 8.66. The maximum Gasteiger partial charge on any atom is 0.410 e. The van der Waals surface area contributed by atoms with Gasteiger partial charge in [0.15, 0.2) is 0 Å². The van der Waals surface area contributed by atoms with Crippen LogP contribution in [-0.2, 0) is 16.0 Å². The zero-order valence-corrected chi connectivity index (χ0v) is 14.0. The molecular formula is C18H22F2N2O3. The Kier molecular flexibility index (Phi) is 5.50. The highest BCUT2D eigenvalue weighted by molar-refractivity contribution is 5.83. The van der Waals surface area contributed by atoms with Crippen molar-refractivity contribution in [3.8, 4) is 0 Å². The van der Waals surface area contributed by atoms with Gasteiger partial charge in [-0.15, -0.1) is 0 Å². The molecule has 1 aromatic carbocycles. The van der Waals surface area contributed by atoms with Crippen molar-refractivity contribution in [2.45, 2.75) is 25.7 Å². The lowest BCUT2D eigenvalue weighted by Crippen LogP contribution is -2.45. The lowest BCUT2D eigenvalue weighted by molar-refractivity contribution is -0.133. The van der Waals surface area contributed by atoms with Crippen LogP contribution in [0.3, 0.4) is 0 Å². The summed E-state index contributed by atoms with van der Waals surface area (Å²) in [5.41, 5.74) is 0.504. The third-order valence-corrected chi connectivity index (χ3v) is 4.88. The van der Waals surface area contributed by atoms with Crippen molar-refractivity contribution in [2.24, 2.45) is 5.92 Å². The zero-order chi connectivity index (χ0) is 17.8. The predicted molar refractivity (Wildman–Crippen MR) is 86.9 cm³/mol. The number of benzene rings is 1. The topological polar surface area (TPSA) is 49.9 Å². The molecule has 2 fully saturated rings. The van der Waals surface area contributed by atoms with Gasteiger partial charge in [-0.05, 0) is 43.2 Å². The molecule has 25 heavy (non-hydrogen) atoms. The molecule has 0 saturated carbocycles. The average Bonchev–Trinajstić information content (AvgIpc) is 2.99. The van der Waals surface area contributed by atoms with Crippen LogP contribution in [-0.4, -0.2) is 54.6 Å². The SMILES string of the molecule is O=C(CN1CCOC1=O)N1CCC[C@@H](CCc2ccc(F)cc2F)C1. The quantitative estimate of drug-likeness (QED) is 0.818. The van der Waals surface area contributed by atoms with E-state index in [2.05, 4.69) is 0 Å². The van der Waals surface area contributed by atoms with E-state index >= 15 is 0 Å². The molecule has 2 aliphatic heterocycles. The van der Waals surface area contributed by atoms with E-state index < -0.39 is 17.7 Å². The van der Waals surface area contributed by atoms with Crippen LogP contribution < -0.4 is 0 Å². The minimum Gasteiger partial charge on any atom is -0.448 e. The number of rotatable bonds is 5. The molecule has 7 heteroatoms. The third-order valence-electron chi connectivity index (χ3n) is 4.88. The number of ether oxygens (including phenoxy) is 1. The number of aryl methyl sites for hydroxylation is 1. The first kappa shape index (κ1) is 17.6. The first-order valence-electron chi connectivity index (χ1n) is 8.66. The molecule has 0 spiro atoms. The molecule has 1 aromatic rings. The molecule has 3 rings (SSSR count). The van der Waals surface area contributed by atoms with Crippen LogP contribution in [0.15, 0.2) is 18.2 Å². The molecule has 0 N–H and O–H groups in total. The second-order valence-electron chi connectivity index (χ2n) is 6.66. The molecule has 2 heterocycles. The Morgan fingerprint density at radius 3 is 2.84 bits per heavy atom. The van der Waals surface area contributed by atoms with Gasteiger partial charge < -0.3 is 9.64 Å². The number of hydrogen-bond donors (Lipinski definition) is 0. The normalized spacial score (nSPS) is 20.7. The van der Waals surface area contributed by atoms with Crippen LogP contribution in [0.4, 0.5) is 13.6 Å². The van der Waals surface area contributed by atoms with E-state index in [1.165, 1.54) is 17.0 Å². The Bertz CT molecular complexity index is 653. The van der Waals surface area contributed by atoms with Gasteiger partial charge >= 0.3 is 6.09 Å². The molecule has 136 valence electrons. The first-order chi connectivity index (χ1) is 12.0. The number of carbonyl (C=O) groups excluding carboxylic acids is 2. The molecule has 0 radical (unpaired) electrons. The summed E-state index contributed by atoms with van der Waals surface area (Å²) in [6.45, 7) is 2.13. The van der Waals surface area contributed by atoms with Gasteiger partial charge in [0.1, 0.15) is 24.8 Å². The molecule has 2 aliphatic rings. The minimum atomic E-state index is -0.573. The van der Waals surface area contributed by atoms with Gasteiger partial charge in [-0.3, -0.25) is 9.69 Å². The Labute approximate surface area is 145 Å². The van der Waals surface area contributed by atoms with Gasteiger partial charge in [0.25, 0.3) is 0 Å². The monoisotopic (exact) mass is 352 g/mol. The maximum absolute atomic E-state index is 13.7. The van der Waals surface area contributed by atoms with E-state index in [1.54, 1.807) is 4.90 Å². The van der Waals surface area contributed by atoms with Crippen LogP contribution in [0.25, 0.3) is 0 Å². The Hall–Kier alpha value is -2.18. The number of hydrogen-bond acceptors (Lipinski definition) is 3. The third kappa shape index (κ3) is 4.46. The molecule has 1 atom stereocenters. The number of carbonyl (C=O) groups is 2. The van der Waals surface area contributed by atoms with E-state index in [0.717, 1.165) is 25.3 Å². The fourth-order valence-corrected chi connectivity index (χ4v) is 3.44. The standard InChI is InChI=1S/C18H22F2N2O3/c19-15-6-5-14(16(20)10-15)4-3-13-2-1-7-21(11-13)17(23)12-22-8-9-25-18(22)24/h5-6,10,13H,1-4,7-9,11-12H2/t13-/m0/s1. The van der Waals surface area contributed by atoms with Crippen LogP contribution in [0, 0.1) is 17.6 Å². The number of nitrogens with zero attached hydrogens (tertiary/aromatic N) is 2. The van der Waals surface area contributed by atoms with Gasteiger partial charge in [-0.1, -0.05) is 6.07 Å². The highest BCUT2D eigenvalue weighted by atomic mass is 19.1. The maximum atomic E-state index is 13.7. The van der Waals surface area contributed by atoms with E-state index in [9.17, 15) is 18.4 Å². The number of amides is 2. The number of likely N-dealkylation sites (tertiary alicyclic amines) is 1. The highest BCUT2D eigenvalue weighted by Gasteiger charge is 2.29. The molecule has 0 aliphatic carbocycles. The summed E-state index contributed by atoms with van der Waals surface area (Å²) in [5.74, 6) is -0.878. The van der Waals surface area contributed by atoms with Crippen molar-refractivity contribution < 1.29 is 23.1 Å². The fourth-order valence-electron chi connectivity index (χ4n) is 3.44. The Balaban J connectivity index is 1.50. The lowest BCUT2D eigenvalue weighted by atomic mass is 9.91. The summed E-state index contributed by atoms with van der Waals surface area (Å²) in [4.78, 5) is 27.0. The van der Waals surface area contributed by atoms with Gasteiger partial charge in [0.2, 0.25) is 5.91 Å². The minimum absolute atomic E-state index is 0.0537. The second kappa shape index (κ2) is 7.80. The van der Waals surface area contributed by atoms with Crippen molar-refractivity contribution in [1.82, 2.24) is 9.80 Å². The summed E-state index contributed by atoms with van der Waals surface area (Å²) in [5, 5.41) is 0. The molecule has 5 nitrogen and oxygen atoms in total. The van der Waals surface area contributed by atoms with E-state index in [0.29, 0.717) is 38.2 Å². The second-order valence-corrected chi connectivity index (χ2v) is 6.66. The molecular weight excluding hydrogens is 330 g/mol. The van der Waals surface area contributed by atoms with E-state index in [1.807, 2.05) is 0 Å². The van der Waals surface area contributed by atoms with E-state index in [4.69, 9.17) is 4.74 Å². The van der Waals surface area contributed by atoms with Gasteiger partial charge in [-0.25, -0.2) is 13.6 Å². The van der Waals surface area contributed by atoms with Crippen LogP contribution in [0.2, 0.25) is 0 Å². The summed E-state index contributed by atoms with van der Waals surface area (Å²) in [7, 11) is 0. The van der Waals surface area contributed by atoms with E-state index in [-0.39, 0.29) is 18.4 Å². The van der Waals surface area contributed by atoms with Crippen molar-refractivity contribution in [2.75, 3.05) is 32.8 Å². The number of halogens is 2. The Morgan fingerprint density at radius 1 is 1.28 bits per heavy atom. The summed E-state index contributed by atoms with van der Waals surface area (Å²) < 4.78 is 31.5. The zero-order valence-electron chi connectivity index (χ0n) is 14.0. The highest BCUT2D eigenvalue weighted by Crippen LogP contribution is 2.23. The lowest BCUT2D eigenvalue weighted by Gasteiger charge is -2.33. The van der Waals surface area contributed by atoms with Crippen molar-refractivity contribution >= 4 is 12.0 Å². The average molecular weight is 352 g/mol. The van der Waals surface area contributed by atoms with Crippen LogP contribution in [0.5, 0.6) is 0 Å². The molecule has 2 saturated heterocycles. The molecule has 0 unspecified atom stereocenters. The van der Waals surface area contributed by atoms with Crippen LogP contribution >= 0.6 is 0 Å². The largest absolute Gasteiger partial charge is 0.448 e. The van der Waals surface area contributed by atoms with Crippen molar-refractivity contribution in [1.29, 1.82) is 0 Å². The molecule has 0 bridgehead atoms.